The Balaban J connectivity index is 4.42. The highest BCUT2D eigenvalue weighted by atomic mass is 16.6. The van der Waals surface area contributed by atoms with Crippen molar-refractivity contribution in [2.75, 3.05) is 13.2 Å². The molecule has 0 aliphatic carbocycles. The molecule has 0 amide bonds. The lowest BCUT2D eigenvalue weighted by molar-refractivity contribution is -0.167. The molecule has 0 aromatic rings. The molecule has 0 aromatic carbocycles. The summed E-state index contributed by atoms with van der Waals surface area (Å²) in [6.45, 7) is 6.31. The Hall–Kier alpha value is -3.61. The van der Waals surface area contributed by atoms with Gasteiger partial charge in [-0.2, -0.15) is 0 Å². The van der Waals surface area contributed by atoms with Gasteiger partial charge in [0.05, 0.1) is 0 Å². The van der Waals surface area contributed by atoms with Crippen LogP contribution in [0.4, 0.5) is 0 Å². The number of carbonyl (C=O) groups excluding carboxylic acids is 3. The number of ether oxygens (including phenoxy) is 3. The van der Waals surface area contributed by atoms with E-state index in [1.807, 2.05) is 0 Å². The summed E-state index contributed by atoms with van der Waals surface area (Å²) in [6.07, 6.45) is 43.6. The van der Waals surface area contributed by atoms with Crippen molar-refractivity contribution in [3.63, 3.8) is 0 Å². The molecule has 0 rings (SSSR count). The van der Waals surface area contributed by atoms with Crippen LogP contribution < -0.4 is 0 Å². The Bertz CT molecular complexity index is 1370. The maximum Gasteiger partial charge on any atom is 0.306 e. The fourth-order valence-electron chi connectivity index (χ4n) is 6.98. The van der Waals surface area contributed by atoms with Gasteiger partial charge in [0, 0.05) is 44.9 Å². The summed E-state index contributed by atoms with van der Waals surface area (Å²) in [5, 5.41) is 0. The lowest BCUT2D eigenvalue weighted by atomic mass is 10.1. The molecular weight excluding hydrogens is 781 g/mol. The minimum absolute atomic E-state index is 0.0968. The summed E-state index contributed by atoms with van der Waals surface area (Å²) in [4.78, 5) is 38.0. The monoisotopic (exact) mass is 873 g/mol. The van der Waals surface area contributed by atoms with Crippen molar-refractivity contribution in [3.8, 4) is 47.4 Å². The second-order valence-corrected chi connectivity index (χ2v) is 17.2. The highest BCUT2D eigenvalue weighted by Gasteiger charge is 2.19. The van der Waals surface area contributed by atoms with E-state index in [4.69, 9.17) is 14.2 Å². The maximum absolute atomic E-state index is 12.8. The molecule has 0 aromatic heterocycles. The fraction of sp³-hybridized carbons (Fsp3) is 0.772. The average molecular weight is 873 g/mol. The molecule has 0 unspecified atom stereocenters. The lowest BCUT2D eigenvalue weighted by Crippen LogP contribution is -2.30. The van der Waals surface area contributed by atoms with E-state index in [9.17, 15) is 14.4 Å². The van der Waals surface area contributed by atoms with Crippen LogP contribution in [-0.4, -0.2) is 37.2 Å². The summed E-state index contributed by atoms with van der Waals surface area (Å²) in [5.41, 5.74) is 0. The van der Waals surface area contributed by atoms with Crippen molar-refractivity contribution in [1.29, 1.82) is 0 Å². The van der Waals surface area contributed by atoms with Crippen LogP contribution in [0.2, 0.25) is 0 Å². The van der Waals surface area contributed by atoms with Gasteiger partial charge in [0.2, 0.25) is 0 Å². The molecule has 0 N–H and O–H groups in total. The molecule has 0 saturated heterocycles. The van der Waals surface area contributed by atoms with Gasteiger partial charge in [-0.25, -0.2) is 0 Å². The largest absolute Gasteiger partial charge is 0.462 e. The standard InChI is InChI=1S/C57H92O6/c1-4-7-10-13-16-19-22-25-28-31-34-37-40-43-46-49-55(58)61-52-54(63-57(60)51-48-45-42-39-36-33-30-27-24-21-18-15-12-9-6-3)53-62-56(59)50-47-44-41-38-35-32-29-26-23-20-17-14-11-8-5-2/h25,28,54H,4-10,13,16,19,22-24,26-27,29-53H2,1-3H3/b28-25-/t54-/m1/s1. The molecule has 0 fully saturated rings. The van der Waals surface area contributed by atoms with E-state index in [0.29, 0.717) is 19.3 Å². The van der Waals surface area contributed by atoms with Crippen LogP contribution in [-0.2, 0) is 28.6 Å². The van der Waals surface area contributed by atoms with Crippen LogP contribution in [0, 0.1) is 47.4 Å². The van der Waals surface area contributed by atoms with Crippen molar-refractivity contribution < 1.29 is 28.6 Å². The first-order chi connectivity index (χ1) is 31.0. The zero-order valence-corrected chi connectivity index (χ0v) is 41.0. The summed E-state index contributed by atoms with van der Waals surface area (Å²) >= 11 is 0. The molecule has 0 spiro atoms. The van der Waals surface area contributed by atoms with Gasteiger partial charge in [0.25, 0.3) is 0 Å². The summed E-state index contributed by atoms with van der Waals surface area (Å²) < 4.78 is 16.8. The van der Waals surface area contributed by atoms with Gasteiger partial charge in [-0.3, -0.25) is 14.4 Å². The highest BCUT2D eigenvalue weighted by Crippen LogP contribution is 2.14. The Morgan fingerprint density at radius 1 is 0.365 bits per heavy atom. The Morgan fingerprint density at radius 2 is 0.683 bits per heavy atom. The zero-order chi connectivity index (χ0) is 45.8. The molecule has 1 atom stereocenters. The van der Waals surface area contributed by atoms with Gasteiger partial charge in [-0.15, -0.1) is 0 Å². The number of hydrogen-bond donors (Lipinski definition) is 0. The molecule has 0 aliphatic heterocycles. The number of carbonyl (C=O) groups is 3. The van der Waals surface area contributed by atoms with E-state index < -0.39 is 6.10 Å². The van der Waals surface area contributed by atoms with E-state index >= 15 is 0 Å². The fourth-order valence-corrected chi connectivity index (χ4v) is 6.98. The number of unbranched alkanes of at least 4 members (excludes halogenated alkanes) is 29. The van der Waals surface area contributed by atoms with Crippen LogP contribution in [0.1, 0.15) is 265 Å². The van der Waals surface area contributed by atoms with Crippen LogP contribution in [0.5, 0.6) is 0 Å². The molecule has 0 radical (unpaired) electrons. The van der Waals surface area contributed by atoms with Crippen LogP contribution in [0.25, 0.3) is 0 Å². The van der Waals surface area contributed by atoms with Crippen molar-refractivity contribution in [2.24, 2.45) is 0 Å². The van der Waals surface area contributed by atoms with Crippen LogP contribution in [0.3, 0.4) is 0 Å². The predicted octanol–water partition coefficient (Wildman–Crippen LogP) is 15.4. The highest BCUT2D eigenvalue weighted by molar-refractivity contribution is 5.71. The van der Waals surface area contributed by atoms with Gasteiger partial charge in [0.1, 0.15) is 13.2 Å². The third-order valence-electron chi connectivity index (χ3n) is 10.9. The van der Waals surface area contributed by atoms with Crippen LogP contribution in [0.15, 0.2) is 12.2 Å². The first-order valence-corrected chi connectivity index (χ1v) is 26.1. The minimum atomic E-state index is -0.799. The summed E-state index contributed by atoms with van der Waals surface area (Å²) in [5.74, 6) is 23.2. The van der Waals surface area contributed by atoms with Gasteiger partial charge in [-0.1, -0.05) is 185 Å². The first kappa shape index (κ1) is 59.4. The smallest absolute Gasteiger partial charge is 0.306 e. The number of allylic oxidation sites excluding steroid dienone is 2. The van der Waals surface area contributed by atoms with Crippen molar-refractivity contribution in [1.82, 2.24) is 0 Å². The molecule has 0 heterocycles. The van der Waals surface area contributed by atoms with Gasteiger partial charge in [0.15, 0.2) is 6.10 Å². The second-order valence-electron chi connectivity index (χ2n) is 17.2. The molecular formula is C57H92O6. The summed E-state index contributed by atoms with van der Waals surface area (Å²) in [6, 6.07) is 0. The van der Waals surface area contributed by atoms with Crippen molar-refractivity contribution >= 4 is 17.9 Å². The molecule has 0 saturated carbocycles. The number of hydrogen-bond acceptors (Lipinski definition) is 6. The average Bonchev–Trinajstić information content (AvgIpc) is 3.28. The Labute approximate surface area is 388 Å². The first-order valence-electron chi connectivity index (χ1n) is 26.1. The van der Waals surface area contributed by atoms with E-state index in [1.165, 1.54) is 96.3 Å². The lowest BCUT2D eigenvalue weighted by Gasteiger charge is -2.18. The van der Waals surface area contributed by atoms with Gasteiger partial charge < -0.3 is 14.2 Å². The van der Waals surface area contributed by atoms with Gasteiger partial charge >= 0.3 is 17.9 Å². The molecule has 0 bridgehead atoms. The van der Waals surface area contributed by atoms with Crippen molar-refractivity contribution in [3.05, 3.63) is 12.2 Å². The third-order valence-corrected chi connectivity index (χ3v) is 10.9. The zero-order valence-electron chi connectivity index (χ0n) is 41.0. The Morgan fingerprint density at radius 3 is 1.06 bits per heavy atom. The van der Waals surface area contributed by atoms with Crippen LogP contribution >= 0.6 is 0 Å². The minimum Gasteiger partial charge on any atom is -0.462 e. The van der Waals surface area contributed by atoms with Gasteiger partial charge in [-0.05, 0) is 94.3 Å². The molecule has 63 heavy (non-hydrogen) atoms. The Kier molecular flexibility index (Phi) is 48.1. The molecule has 0 aliphatic rings. The molecule has 6 heteroatoms. The predicted molar refractivity (Wildman–Crippen MR) is 265 cm³/mol. The SMILES string of the molecule is CCCC#CC#CCCCCCCCCCCC(=O)OC[C@@H](COC(=O)CCCCCCC/C=C\CCCCCCCC)OC(=O)CCCCCCCCCCC#CC#CCCC. The molecule has 6 nitrogen and oxygen atoms in total. The van der Waals surface area contributed by atoms with E-state index in [2.05, 4.69) is 80.3 Å². The van der Waals surface area contributed by atoms with Crippen molar-refractivity contribution in [2.45, 2.75) is 271 Å². The number of rotatable bonds is 42. The molecule has 356 valence electrons. The maximum atomic E-state index is 12.8. The third kappa shape index (κ3) is 49.3. The topological polar surface area (TPSA) is 78.9 Å². The van der Waals surface area contributed by atoms with E-state index in [0.717, 1.165) is 128 Å². The second kappa shape index (κ2) is 51.0. The summed E-state index contributed by atoms with van der Waals surface area (Å²) in [7, 11) is 0. The quantitative estimate of drug-likeness (QED) is 0.0200. The number of esters is 3. The van der Waals surface area contributed by atoms with E-state index in [1.54, 1.807) is 0 Å². The normalized spacial score (nSPS) is 11.0. The van der Waals surface area contributed by atoms with E-state index in [-0.39, 0.29) is 31.1 Å².